The number of amides is 1. The Morgan fingerprint density at radius 3 is 1.01 bits per heavy atom. The third-order valence-corrected chi connectivity index (χ3v) is 14.4. The van der Waals surface area contributed by atoms with Gasteiger partial charge in [0.15, 0.2) is 0 Å². The van der Waals surface area contributed by atoms with Gasteiger partial charge in [0.05, 0.1) is 25.4 Å². The van der Waals surface area contributed by atoms with Crippen molar-refractivity contribution in [2.45, 2.75) is 347 Å². The number of aliphatic hydroxyl groups is 2. The number of rotatable bonds is 58. The van der Waals surface area contributed by atoms with Crippen LogP contribution in [0.3, 0.4) is 0 Å². The molecule has 2 unspecified atom stereocenters. The van der Waals surface area contributed by atoms with Crippen molar-refractivity contribution in [2.24, 2.45) is 0 Å². The van der Waals surface area contributed by atoms with Crippen LogP contribution in [0.1, 0.15) is 335 Å². The summed E-state index contributed by atoms with van der Waals surface area (Å²) in [5, 5.41) is 23.0. The van der Waals surface area contributed by atoms with Gasteiger partial charge in [-0.15, -0.1) is 0 Å². The lowest BCUT2D eigenvalue weighted by Crippen LogP contribution is -2.45. The largest absolute Gasteiger partial charge is 0.466 e. The number of aliphatic hydroxyl groups excluding tert-OH is 2. The maximum Gasteiger partial charge on any atom is 0.305 e. The summed E-state index contributed by atoms with van der Waals surface area (Å²) in [6.07, 6.45) is 74.9. The van der Waals surface area contributed by atoms with Crippen molar-refractivity contribution in [1.82, 2.24) is 5.32 Å². The molecule has 0 aliphatic heterocycles. The van der Waals surface area contributed by atoms with E-state index < -0.39 is 12.1 Å². The van der Waals surface area contributed by atoms with E-state index in [1.54, 1.807) is 6.08 Å². The predicted octanol–water partition coefficient (Wildman–Crippen LogP) is 19.6. The van der Waals surface area contributed by atoms with Crippen molar-refractivity contribution in [1.29, 1.82) is 0 Å². The van der Waals surface area contributed by atoms with Crippen LogP contribution in [0.25, 0.3) is 0 Å². The highest BCUT2D eigenvalue weighted by atomic mass is 16.5. The Hall–Kier alpha value is -1.92. The Morgan fingerprint density at radius 2 is 0.671 bits per heavy atom. The highest BCUT2D eigenvalue weighted by Gasteiger charge is 2.18. The fourth-order valence-electron chi connectivity index (χ4n) is 9.57. The standard InChI is InChI=1S/C64H121NO5/c1-3-5-7-9-11-13-15-16-35-38-42-46-50-54-58-64(69)70-59-55-51-47-43-39-36-33-31-29-27-25-23-21-19-17-18-20-22-24-26-28-30-32-34-37-41-45-49-53-57-63(68)65-61(60-66)62(67)56-52-48-44-40-14-12-10-8-6-4-2/h15-17,19,52,56,61-62,66-67H,3-14,18,20-51,53-55,57-60H2,1-2H3,(H,65,68)/b16-15-,19-17-,56-52+. The second-order valence-corrected chi connectivity index (χ2v) is 21.4. The van der Waals surface area contributed by atoms with Crippen molar-refractivity contribution in [3.63, 3.8) is 0 Å². The highest BCUT2D eigenvalue weighted by Crippen LogP contribution is 2.17. The van der Waals surface area contributed by atoms with Crippen molar-refractivity contribution >= 4 is 11.9 Å². The Bertz CT molecular complexity index is 1130. The van der Waals surface area contributed by atoms with E-state index in [4.69, 9.17) is 4.74 Å². The van der Waals surface area contributed by atoms with Gasteiger partial charge < -0.3 is 20.3 Å². The zero-order chi connectivity index (χ0) is 50.7. The molecule has 3 N–H and O–H groups in total. The predicted molar refractivity (Wildman–Crippen MR) is 306 cm³/mol. The van der Waals surface area contributed by atoms with E-state index >= 15 is 0 Å². The first-order valence-electron chi connectivity index (χ1n) is 31.3. The normalized spacial score (nSPS) is 12.8. The van der Waals surface area contributed by atoms with Gasteiger partial charge in [-0.1, -0.05) is 275 Å². The summed E-state index contributed by atoms with van der Waals surface area (Å²) >= 11 is 0. The SMILES string of the molecule is CCCCCCC/C=C\CCCCCCCC(=O)OCCCCCCCCCCCCCC/C=C\CCCCCCCCCCCCCCCC(=O)NC(CO)C(O)/C=C/CCCCCCCCCC. The monoisotopic (exact) mass is 984 g/mol. The molecule has 0 spiro atoms. The molecule has 0 heterocycles. The van der Waals surface area contributed by atoms with Gasteiger partial charge in [0, 0.05) is 12.8 Å². The van der Waals surface area contributed by atoms with E-state index in [1.807, 2.05) is 6.08 Å². The number of carbonyl (C=O) groups is 2. The molecule has 0 aliphatic rings. The van der Waals surface area contributed by atoms with E-state index in [0.29, 0.717) is 19.4 Å². The zero-order valence-corrected chi connectivity index (χ0v) is 47.0. The molecule has 0 aromatic rings. The molecule has 0 aliphatic carbocycles. The molecule has 70 heavy (non-hydrogen) atoms. The molecular weight excluding hydrogens is 863 g/mol. The van der Waals surface area contributed by atoms with Crippen LogP contribution in [-0.2, 0) is 14.3 Å². The smallest absolute Gasteiger partial charge is 0.305 e. The number of unbranched alkanes of at least 4 members (excludes halogenated alkanes) is 43. The number of carbonyl (C=O) groups excluding carboxylic acids is 2. The lowest BCUT2D eigenvalue weighted by Gasteiger charge is -2.20. The maximum absolute atomic E-state index is 12.4. The molecule has 2 atom stereocenters. The number of esters is 1. The highest BCUT2D eigenvalue weighted by molar-refractivity contribution is 5.76. The first-order chi connectivity index (χ1) is 34.5. The van der Waals surface area contributed by atoms with E-state index in [1.165, 1.54) is 263 Å². The molecule has 0 radical (unpaired) electrons. The molecule has 0 fully saturated rings. The number of hydrogen-bond donors (Lipinski definition) is 3. The number of nitrogens with one attached hydrogen (secondary N) is 1. The minimum absolute atomic E-state index is 0.00742. The summed E-state index contributed by atoms with van der Waals surface area (Å²) in [6, 6.07) is -0.625. The summed E-state index contributed by atoms with van der Waals surface area (Å²) in [5.41, 5.74) is 0. The van der Waals surface area contributed by atoms with Crippen LogP contribution < -0.4 is 5.32 Å². The molecule has 0 saturated heterocycles. The average molecular weight is 985 g/mol. The molecule has 0 bridgehead atoms. The van der Waals surface area contributed by atoms with Crippen LogP contribution >= 0.6 is 0 Å². The van der Waals surface area contributed by atoms with Crippen molar-refractivity contribution < 1.29 is 24.5 Å². The topological polar surface area (TPSA) is 95.9 Å². The van der Waals surface area contributed by atoms with Gasteiger partial charge in [-0.25, -0.2) is 0 Å². The Balaban J connectivity index is 3.36. The van der Waals surface area contributed by atoms with Crippen LogP contribution in [0, 0.1) is 0 Å². The minimum atomic E-state index is -0.842. The quantitative estimate of drug-likeness (QED) is 0.0321. The van der Waals surface area contributed by atoms with Crippen LogP contribution in [0.5, 0.6) is 0 Å². The van der Waals surface area contributed by atoms with Crippen LogP contribution in [0.2, 0.25) is 0 Å². The van der Waals surface area contributed by atoms with Crippen LogP contribution in [0.15, 0.2) is 36.5 Å². The third-order valence-electron chi connectivity index (χ3n) is 14.4. The zero-order valence-electron chi connectivity index (χ0n) is 47.0. The third kappa shape index (κ3) is 55.4. The van der Waals surface area contributed by atoms with Gasteiger partial charge in [0.2, 0.25) is 5.91 Å². The van der Waals surface area contributed by atoms with E-state index in [-0.39, 0.29) is 18.5 Å². The first-order valence-corrected chi connectivity index (χ1v) is 31.3. The second kappa shape index (κ2) is 59.6. The molecular formula is C64H121NO5. The van der Waals surface area contributed by atoms with Gasteiger partial charge in [-0.05, 0) is 83.5 Å². The van der Waals surface area contributed by atoms with E-state index in [9.17, 15) is 19.8 Å². The molecule has 6 heteroatoms. The van der Waals surface area contributed by atoms with Crippen molar-refractivity contribution in [3.8, 4) is 0 Å². The summed E-state index contributed by atoms with van der Waals surface area (Å²) < 4.78 is 5.48. The molecule has 6 nitrogen and oxygen atoms in total. The van der Waals surface area contributed by atoms with Gasteiger partial charge >= 0.3 is 5.97 Å². The summed E-state index contributed by atoms with van der Waals surface area (Å²) in [4.78, 5) is 24.4. The lowest BCUT2D eigenvalue weighted by atomic mass is 10.0. The van der Waals surface area contributed by atoms with E-state index in [2.05, 4.69) is 43.5 Å². The van der Waals surface area contributed by atoms with Crippen LogP contribution in [-0.4, -0.2) is 47.4 Å². The van der Waals surface area contributed by atoms with Crippen LogP contribution in [0.4, 0.5) is 0 Å². The average Bonchev–Trinajstić information content (AvgIpc) is 3.36. The minimum Gasteiger partial charge on any atom is -0.466 e. The summed E-state index contributed by atoms with van der Waals surface area (Å²) in [7, 11) is 0. The molecule has 0 rings (SSSR count). The summed E-state index contributed by atoms with van der Waals surface area (Å²) in [6.45, 7) is 4.88. The van der Waals surface area contributed by atoms with Gasteiger partial charge in [-0.3, -0.25) is 9.59 Å². The first kappa shape index (κ1) is 68.1. The van der Waals surface area contributed by atoms with Crippen molar-refractivity contribution in [3.05, 3.63) is 36.5 Å². The molecule has 0 saturated carbocycles. The second-order valence-electron chi connectivity index (χ2n) is 21.4. The molecule has 1 amide bonds. The maximum atomic E-state index is 12.4. The van der Waals surface area contributed by atoms with Gasteiger partial charge in [0.25, 0.3) is 0 Å². The fraction of sp³-hybridized carbons (Fsp3) is 0.875. The molecule has 0 aromatic carbocycles. The fourth-order valence-corrected chi connectivity index (χ4v) is 9.57. The van der Waals surface area contributed by atoms with Gasteiger partial charge in [-0.2, -0.15) is 0 Å². The molecule has 412 valence electrons. The Morgan fingerprint density at radius 1 is 0.386 bits per heavy atom. The lowest BCUT2D eigenvalue weighted by molar-refractivity contribution is -0.143. The number of ether oxygens (including phenoxy) is 1. The summed E-state index contributed by atoms with van der Waals surface area (Å²) in [5.74, 6) is -0.0612. The number of allylic oxidation sites excluding steroid dienone is 5. The van der Waals surface area contributed by atoms with Gasteiger partial charge in [0.1, 0.15) is 0 Å². The Kier molecular flexibility index (Phi) is 58.0. The van der Waals surface area contributed by atoms with Crippen molar-refractivity contribution in [2.75, 3.05) is 13.2 Å². The Labute approximate surface area is 436 Å². The number of hydrogen-bond acceptors (Lipinski definition) is 5. The molecule has 0 aromatic heterocycles. The van der Waals surface area contributed by atoms with E-state index in [0.717, 1.165) is 44.9 Å².